The SMILES string of the molecule is CNc1cc(COc2c(Br)cc(CCC(=O)O)cc2Br)cc(C(F)(F)F)c1. The van der Waals surface area contributed by atoms with Crippen molar-refractivity contribution in [2.45, 2.75) is 25.6 Å². The number of aliphatic carboxylic acids is 1. The van der Waals surface area contributed by atoms with Gasteiger partial charge in [0.2, 0.25) is 0 Å². The molecule has 0 bridgehead atoms. The average molecular weight is 511 g/mol. The molecular formula is C18H16Br2F3NO3. The number of anilines is 1. The Morgan fingerprint density at radius 1 is 1.11 bits per heavy atom. The van der Waals surface area contributed by atoms with E-state index in [1.165, 1.54) is 0 Å². The molecule has 27 heavy (non-hydrogen) atoms. The minimum Gasteiger partial charge on any atom is -0.487 e. The van der Waals surface area contributed by atoms with Gasteiger partial charge in [-0.15, -0.1) is 0 Å². The van der Waals surface area contributed by atoms with E-state index in [0.29, 0.717) is 32.4 Å². The first kappa shape index (κ1) is 21.6. The van der Waals surface area contributed by atoms with E-state index in [1.54, 1.807) is 25.2 Å². The van der Waals surface area contributed by atoms with Crippen LogP contribution < -0.4 is 10.1 Å². The van der Waals surface area contributed by atoms with Gasteiger partial charge >= 0.3 is 12.1 Å². The van der Waals surface area contributed by atoms with Crippen LogP contribution in [0.15, 0.2) is 39.3 Å². The first-order chi connectivity index (χ1) is 12.6. The Labute approximate surface area is 171 Å². The third-order valence-electron chi connectivity index (χ3n) is 3.68. The van der Waals surface area contributed by atoms with Crippen LogP contribution in [0.4, 0.5) is 18.9 Å². The summed E-state index contributed by atoms with van der Waals surface area (Å²) in [5.74, 6) is -0.468. The van der Waals surface area contributed by atoms with Crippen LogP contribution in [0.3, 0.4) is 0 Å². The number of alkyl halides is 3. The second kappa shape index (κ2) is 8.97. The third-order valence-corrected chi connectivity index (χ3v) is 4.86. The number of carboxylic acids is 1. The largest absolute Gasteiger partial charge is 0.487 e. The fraction of sp³-hybridized carbons (Fsp3) is 0.278. The van der Waals surface area contributed by atoms with Gasteiger partial charge in [-0.1, -0.05) is 0 Å². The van der Waals surface area contributed by atoms with E-state index < -0.39 is 17.7 Å². The molecule has 0 aliphatic carbocycles. The van der Waals surface area contributed by atoms with Crippen molar-refractivity contribution < 1.29 is 27.8 Å². The van der Waals surface area contributed by atoms with Crippen molar-refractivity contribution >= 4 is 43.5 Å². The summed E-state index contributed by atoms with van der Waals surface area (Å²) in [7, 11) is 1.54. The maximum absolute atomic E-state index is 13.0. The fourth-order valence-electron chi connectivity index (χ4n) is 2.38. The predicted octanol–water partition coefficient (Wildman–Crippen LogP) is 5.87. The van der Waals surface area contributed by atoms with Crippen molar-refractivity contribution in [2.75, 3.05) is 12.4 Å². The van der Waals surface area contributed by atoms with Crippen molar-refractivity contribution in [3.8, 4) is 5.75 Å². The zero-order valence-corrected chi connectivity index (χ0v) is 17.3. The summed E-state index contributed by atoms with van der Waals surface area (Å²) >= 11 is 6.72. The van der Waals surface area contributed by atoms with Crippen LogP contribution in [0.2, 0.25) is 0 Å². The zero-order chi connectivity index (χ0) is 20.2. The van der Waals surface area contributed by atoms with Gasteiger partial charge in [-0.3, -0.25) is 4.79 Å². The number of halogens is 5. The van der Waals surface area contributed by atoms with E-state index in [9.17, 15) is 18.0 Å². The Hall–Kier alpha value is -1.74. The molecule has 0 aliphatic rings. The highest BCUT2D eigenvalue weighted by Crippen LogP contribution is 2.36. The number of aryl methyl sites for hydroxylation is 1. The Balaban J connectivity index is 2.20. The number of nitrogens with one attached hydrogen (secondary N) is 1. The number of carboxylic acid groups (broad SMARTS) is 1. The van der Waals surface area contributed by atoms with E-state index in [-0.39, 0.29) is 13.0 Å². The van der Waals surface area contributed by atoms with Crippen LogP contribution in [0.1, 0.15) is 23.1 Å². The highest BCUT2D eigenvalue weighted by Gasteiger charge is 2.31. The topological polar surface area (TPSA) is 58.6 Å². The van der Waals surface area contributed by atoms with Gasteiger partial charge in [0.15, 0.2) is 0 Å². The Kier molecular flexibility index (Phi) is 7.16. The smallest absolute Gasteiger partial charge is 0.416 e. The minimum absolute atomic E-state index is 0.00386. The molecule has 0 saturated heterocycles. The van der Waals surface area contributed by atoms with Crippen LogP contribution in [-0.2, 0) is 24.0 Å². The molecule has 0 heterocycles. The average Bonchev–Trinajstić information content (AvgIpc) is 2.58. The van der Waals surface area contributed by atoms with Gasteiger partial charge in [0.05, 0.1) is 14.5 Å². The molecule has 146 valence electrons. The summed E-state index contributed by atoms with van der Waals surface area (Å²) < 4.78 is 45.9. The maximum Gasteiger partial charge on any atom is 0.416 e. The molecule has 2 rings (SSSR count). The van der Waals surface area contributed by atoms with E-state index in [1.807, 2.05) is 0 Å². The van der Waals surface area contributed by atoms with Crippen molar-refractivity contribution in [1.82, 2.24) is 0 Å². The molecule has 4 nitrogen and oxygen atoms in total. The van der Waals surface area contributed by atoms with Crippen LogP contribution in [0.5, 0.6) is 5.75 Å². The van der Waals surface area contributed by atoms with Crippen LogP contribution in [0.25, 0.3) is 0 Å². The molecular weight excluding hydrogens is 495 g/mol. The quantitative estimate of drug-likeness (QED) is 0.489. The minimum atomic E-state index is -4.45. The van der Waals surface area contributed by atoms with Gasteiger partial charge in [-0.25, -0.2) is 0 Å². The number of ether oxygens (including phenoxy) is 1. The van der Waals surface area contributed by atoms with Crippen LogP contribution in [-0.4, -0.2) is 18.1 Å². The predicted molar refractivity (Wildman–Crippen MR) is 103 cm³/mol. The van der Waals surface area contributed by atoms with E-state index in [2.05, 4.69) is 37.2 Å². The summed E-state index contributed by atoms with van der Waals surface area (Å²) in [6.07, 6.45) is -4.10. The molecule has 2 N–H and O–H groups in total. The third kappa shape index (κ3) is 6.14. The summed E-state index contributed by atoms with van der Waals surface area (Å²) in [6.45, 7) is -0.0652. The second-order valence-electron chi connectivity index (χ2n) is 5.74. The standard InChI is InChI=1S/C18H16Br2F3NO3/c1-24-13-5-11(4-12(8-13)18(21,22)23)9-27-17-14(19)6-10(7-15(17)20)2-3-16(25)26/h4-8,24H,2-3,9H2,1H3,(H,25,26). The molecule has 0 aromatic heterocycles. The molecule has 0 amide bonds. The van der Waals surface area contributed by atoms with Crippen molar-refractivity contribution in [2.24, 2.45) is 0 Å². The second-order valence-corrected chi connectivity index (χ2v) is 7.45. The lowest BCUT2D eigenvalue weighted by atomic mass is 10.1. The van der Waals surface area contributed by atoms with Crippen LogP contribution in [0, 0.1) is 0 Å². The summed E-state index contributed by atoms with van der Waals surface area (Å²) in [4.78, 5) is 10.7. The Bertz CT molecular complexity index is 818. The zero-order valence-electron chi connectivity index (χ0n) is 14.2. The maximum atomic E-state index is 13.0. The highest BCUT2D eigenvalue weighted by atomic mass is 79.9. The molecule has 0 radical (unpaired) electrons. The normalized spacial score (nSPS) is 11.3. The number of hydrogen-bond donors (Lipinski definition) is 2. The molecule has 0 atom stereocenters. The van der Waals surface area contributed by atoms with Gasteiger partial charge in [0, 0.05) is 19.2 Å². The van der Waals surface area contributed by atoms with Gasteiger partial charge in [0.25, 0.3) is 0 Å². The monoisotopic (exact) mass is 509 g/mol. The first-order valence-corrected chi connectivity index (χ1v) is 9.40. The molecule has 0 unspecified atom stereocenters. The highest BCUT2D eigenvalue weighted by molar-refractivity contribution is 9.11. The Morgan fingerprint density at radius 3 is 2.26 bits per heavy atom. The van der Waals surface area contributed by atoms with E-state index >= 15 is 0 Å². The van der Waals surface area contributed by atoms with Gasteiger partial charge in [-0.05, 0) is 79.7 Å². The van der Waals surface area contributed by atoms with Crippen molar-refractivity contribution in [3.05, 3.63) is 56.0 Å². The first-order valence-electron chi connectivity index (χ1n) is 7.81. The molecule has 2 aromatic rings. The molecule has 0 aliphatic heterocycles. The van der Waals surface area contributed by atoms with Gasteiger partial charge in [-0.2, -0.15) is 13.2 Å². The molecule has 0 saturated carbocycles. The summed E-state index contributed by atoms with van der Waals surface area (Å²) in [5.41, 5.74) is 0.739. The fourth-order valence-corrected chi connectivity index (χ4v) is 3.89. The molecule has 2 aromatic carbocycles. The van der Waals surface area contributed by atoms with E-state index in [4.69, 9.17) is 9.84 Å². The number of benzene rings is 2. The molecule has 9 heteroatoms. The number of rotatable bonds is 7. The lowest BCUT2D eigenvalue weighted by molar-refractivity contribution is -0.138. The van der Waals surface area contributed by atoms with Crippen molar-refractivity contribution in [3.63, 3.8) is 0 Å². The van der Waals surface area contributed by atoms with Gasteiger partial charge in [0.1, 0.15) is 12.4 Å². The van der Waals surface area contributed by atoms with Crippen molar-refractivity contribution in [1.29, 1.82) is 0 Å². The van der Waals surface area contributed by atoms with E-state index in [0.717, 1.165) is 17.7 Å². The lowest BCUT2D eigenvalue weighted by Gasteiger charge is -2.15. The van der Waals surface area contributed by atoms with Crippen LogP contribution >= 0.6 is 31.9 Å². The number of hydrogen-bond acceptors (Lipinski definition) is 3. The lowest BCUT2D eigenvalue weighted by Crippen LogP contribution is -2.08. The summed E-state index contributed by atoms with van der Waals surface area (Å²) in [6, 6.07) is 7.12. The molecule has 0 fully saturated rings. The summed E-state index contributed by atoms with van der Waals surface area (Å²) in [5, 5.41) is 11.5. The Morgan fingerprint density at radius 2 is 1.74 bits per heavy atom. The molecule has 0 spiro atoms. The van der Waals surface area contributed by atoms with Gasteiger partial charge < -0.3 is 15.2 Å². The number of carbonyl (C=O) groups is 1.